The van der Waals surface area contributed by atoms with Crippen LogP contribution >= 0.6 is 39.1 Å². The summed E-state index contributed by atoms with van der Waals surface area (Å²) in [4.78, 5) is 22.6. The molecule has 0 aliphatic rings. The quantitative estimate of drug-likeness (QED) is 0.304. The van der Waals surface area contributed by atoms with Crippen molar-refractivity contribution in [3.05, 3.63) is 90.9 Å². The normalized spacial score (nSPS) is 11.1. The van der Waals surface area contributed by atoms with Gasteiger partial charge in [-0.15, -0.1) is 0 Å². The molecule has 160 valence electrons. The van der Waals surface area contributed by atoms with Crippen molar-refractivity contribution < 1.29 is 18.1 Å². The van der Waals surface area contributed by atoms with Crippen molar-refractivity contribution >= 4 is 72.1 Å². The van der Waals surface area contributed by atoms with E-state index in [1.54, 1.807) is 24.3 Å². The molecule has 0 unspecified atom stereocenters. The maximum atomic E-state index is 12.9. The van der Waals surface area contributed by atoms with E-state index in [4.69, 9.17) is 23.2 Å². The molecule has 3 aromatic rings. The van der Waals surface area contributed by atoms with Gasteiger partial charge in [-0.2, -0.15) is 0 Å². The van der Waals surface area contributed by atoms with Gasteiger partial charge in [-0.25, -0.2) is 8.42 Å². The molecule has 3 rings (SSSR count). The van der Waals surface area contributed by atoms with E-state index in [2.05, 4.69) is 26.0 Å². The van der Waals surface area contributed by atoms with Crippen LogP contribution in [-0.2, 0) is 10.0 Å². The lowest BCUT2D eigenvalue weighted by molar-refractivity contribution is -0.387. The fraction of sp³-hybridized carbons (Fsp3) is 0. The third-order valence-electron chi connectivity index (χ3n) is 4.00. The van der Waals surface area contributed by atoms with Gasteiger partial charge in [0.2, 0.25) is 0 Å². The van der Waals surface area contributed by atoms with Crippen LogP contribution in [0.1, 0.15) is 10.4 Å². The lowest BCUT2D eigenvalue weighted by Gasteiger charge is -2.12. The summed E-state index contributed by atoms with van der Waals surface area (Å²) in [6.07, 6.45) is 0. The van der Waals surface area contributed by atoms with Crippen molar-refractivity contribution in [2.45, 2.75) is 4.90 Å². The second kappa shape index (κ2) is 9.23. The van der Waals surface area contributed by atoms with Crippen molar-refractivity contribution in [2.24, 2.45) is 0 Å². The highest BCUT2D eigenvalue weighted by atomic mass is 79.9. The highest BCUT2D eigenvalue weighted by Gasteiger charge is 2.30. The maximum absolute atomic E-state index is 12.9. The first-order valence-electron chi connectivity index (χ1n) is 8.40. The van der Waals surface area contributed by atoms with E-state index >= 15 is 0 Å². The number of amides is 1. The Hall–Kier alpha value is -2.66. The SMILES string of the molecule is O=C(Nc1ccccc1Br)c1cc(S(=O)(=O)Nc2ccc(Cl)cc2)c([N+](=O)[O-])cc1Cl. The van der Waals surface area contributed by atoms with Crippen molar-refractivity contribution in [1.29, 1.82) is 0 Å². The van der Waals surface area contributed by atoms with Crippen LogP contribution in [0.25, 0.3) is 0 Å². The van der Waals surface area contributed by atoms with Gasteiger partial charge in [0.05, 0.1) is 21.2 Å². The standard InChI is InChI=1S/C19H12BrCl2N3O5S/c20-14-3-1-2-4-16(14)23-19(26)13-9-18(17(25(27)28)10-15(13)22)31(29,30)24-12-7-5-11(21)6-8-12/h1-10,24H,(H,23,26). The van der Waals surface area contributed by atoms with Crippen LogP contribution in [0.2, 0.25) is 10.0 Å². The summed E-state index contributed by atoms with van der Waals surface area (Å²) in [6.45, 7) is 0. The van der Waals surface area contributed by atoms with Gasteiger partial charge in [0.25, 0.3) is 21.6 Å². The average molecular weight is 545 g/mol. The van der Waals surface area contributed by atoms with E-state index in [-0.39, 0.29) is 16.3 Å². The number of para-hydroxylation sites is 1. The predicted octanol–water partition coefficient (Wildman–Crippen LogP) is 5.72. The van der Waals surface area contributed by atoms with Gasteiger partial charge in [-0.05, 0) is 58.4 Å². The number of halogens is 3. The van der Waals surface area contributed by atoms with E-state index in [1.165, 1.54) is 24.3 Å². The minimum Gasteiger partial charge on any atom is -0.321 e. The van der Waals surface area contributed by atoms with E-state index in [0.717, 1.165) is 12.1 Å². The van der Waals surface area contributed by atoms with Crippen molar-refractivity contribution in [3.8, 4) is 0 Å². The summed E-state index contributed by atoms with van der Waals surface area (Å²) in [5.41, 5.74) is -0.484. The Morgan fingerprint density at radius 1 is 1.03 bits per heavy atom. The highest BCUT2D eigenvalue weighted by Crippen LogP contribution is 2.33. The fourth-order valence-electron chi connectivity index (χ4n) is 2.56. The molecule has 0 radical (unpaired) electrons. The van der Waals surface area contributed by atoms with Crippen molar-refractivity contribution in [2.75, 3.05) is 10.0 Å². The minimum atomic E-state index is -4.44. The zero-order chi connectivity index (χ0) is 22.8. The molecule has 0 aromatic heterocycles. The number of anilines is 2. The molecular formula is C19H12BrCl2N3O5S. The predicted molar refractivity (Wildman–Crippen MR) is 122 cm³/mol. The number of nitro benzene ring substituents is 1. The van der Waals surface area contributed by atoms with Crippen LogP contribution in [0.15, 0.2) is 70.0 Å². The zero-order valence-electron chi connectivity index (χ0n) is 15.3. The lowest BCUT2D eigenvalue weighted by atomic mass is 10.2. The number of hydrogen-bond donors (Lipinski definition) is 2. The Bertz CT molecular complexity index is 1280. The second-order valence-electron chi connectivity index (χ2n) is 6.10. The first kappa shape index (κ1) is 23.0. The Kier molecular flexibility index (Phi) is 6.85. The molecule has 12 heteroatoms. The lowest BCUT2D eigenvalue weighted by Crippen LogP contribution is -2.18. The largest absolute Gasteiger partial charge is 0.321 e. The number of carbonyl (C=O) groups excluding carboxylic acids is 1. The van der Waals surface area contributed by atoms with Gasteiger partial charge in [-0.1, -0.05) is 35.3 Å². The molecule has 0 fully saturated rings. The Labute approximate surface area is 195 Å². The Morgan fingerprint density at radius 2 is 1.68 bits per heavy atom. The first-order chi connectivity index (χ1) is 14.6. The van der Waals surface area contributed by atoms with Gasteiger partial charge in [-0.3, -0.25) is 19.6 Å². The third-order valence-corrected chi connectivity index (χ3v) is 6.66. The van der Waals surface area contributed by atoms with Crippen LogP contribution in [-0.4, -0.2) is 19.2 Å². The zero-order valence-corrected chi connectivity index (χ0v) is 19.2. The summed E-state index contributed by atoms with van der Waals surface area (Å²) in [6, 6.07) is 14.1. The summed E-state index contributed by atoms with van der Waals surface area (Å²) in [5.74, 6) is -0.741. The van der Waals surface area contributed by atoms with Gasteiger partial charge in [0.15, 0.2) is 4.90 Å². The van der Waals surface area contributed by atoms with Gasteiger partial charge >= 0.3 is 0 Å². The summed E-state index contributed by atoms with van der Waals surface area (Å²) in [7, 11) is -4.44. The molecule has 0 spiro atoms. The van der Waals surface area contributed by atoms with Crippen LogP contribution in [0.4, 0.5) is 17.1 Å². The van der Waals surface area contributed by atoms with E-state index < -0.39 is 31.4 Å². The van der Waals surface area contributed by atoms with Gasteiger partial charge in [0.1, 0.15) is 0 Å². The summed E-state index contributed by atoms with van der Waals surface area (Å²) < 4.78 is 28.6. The number of nitro groups is 1. The van der Waals surface area contributed by atoms with Crippen LogP contribution in [0, 0.1) is 10.1 Å². The number of nitrogens with one attached hydrogen (secondary N) is 2. The molecule has 0 bridgehead atoms. The number of carbonyl (C=O) groups is 1. The van der Waals surface area contributed by atoms with Crippen molar-refractivity contribution in [3.63, 3.8) is 0 Å². The molecule has 8 nitrogen and oxygen atoms in total. The smallest absolute Gasteiger partial charge is 0.291 e. The number of hydrogen-bond acceptors (Lipinski definition) is 5. The van der Waals surface area contributed by atoms with E-state index in [9.17, 15) is 23.3 Å². The number of rotatable bonds is 6. The molecule has 0 heterocycles. The van der Waals surface area contributed by atoms with Gasteiger partial charge < -0.3 is 5.32 Å². The first-order valence-corrected chi connectivity index (χ1v) is 11.4. The average Bonchev–Trinajstić information content (AvgIpc) is 2.70. The molecule has 0 aliphatic carbocycles. The number of sulfonamides is 1. The fourth-order valence-corrected chi connectivity index (χ4v) is 4.55. The monoisotopic (exact) mass is 543 g/mol. The Morgan fingerprint density at radius 3 is 2.29 bits per heavy atom. The van der Waals surface area contributed by atoms with Crippen LogP contribution in [0.5, 0.6) is 0 Å². The molecule has 0 aliphatic heterocycles. The Balaban J connectivity index is 2.04. The molecule has 31 heavy (non-hydrogen) atoms. The van der Waals surface area contributed by atoms with E-state index in [0.29, 0.717) is 15.2 Å². The summed E-state index contributed by atoms with van der Waals surface area (Å²) in [5, 5.41) is 14.2. The maximum Gasteiger partial charge on any atom is 0.291 e. The third kappa shape index (κ3) is 5.34. The molecule has 1 amide bonds. The topological polar surface area (TPSA) is 118 Å². The molecule has 0 atom stereocenters. The van der Waals surface area contributed by atoms with Crippen LogP contribution < -0.4 is 10.0 Å². The van der Waals surface area contributed by atoms with Crippen LogP contribution in [0.3, 0.4) is 0 Å². The van der Waals surface area contributed by atoms with Gasteiger partial charge in [0, 0.05) is 21.2 Å². The number of benzene rings is 3. The second-order valence-corrected chi connectivity index (χ2v) is 9.45. The molecule has 3 aromatic carbocycles. The highest BCUT2D eigenvalue weighted by molar-refractivity contribution is 9.10. The molecule has 2 N–H and O–H groups in total. The minimum absolute atomic E-state index is 0.132. The summed E-state index contributed by atoms with van der Waals surface area (Å²) >= 11 is 15.1. The molecule has 0 saturated heterocycles. The molecular weight excluding hydrogens is 533 g/mol. The van der Waals surface area contributed by atoms with Crippen molar-refractivity contribution in [1.82, 2.24) is 0 Å². The molecule has 0 saturated carbocycles. The van der Waals surface area contributed by atoms with E-state index in [1.807, 2.05) is 0 Å². The number of nitrogens with zero attached hydrogens (tertiary/aromatic N) is 1.